The van der Waals surface area contributed by atoms with Crippen LogP contribution in [-0.4, -0.2) is 5.78 Å². The van der Waals surface area contributed by atoms with Crippen molar-refractivity contribution in [3.05, 3.63) is 67.5 Å². The van der Waals surface area contributed by atoms with E-state index in [1.807, 2.05) is 12.1 Å². The maximum Gasteiger partial charge on any atom is 0.193 e. The molecule has 0 aliphatic rings. The lowest BCUT2D eigenvalue weighted by Crippen LogP contribution is -2.01. The largest absolute Gasteiger partial charge is 0.289 e. The van der Waals surface area contributed by atoms with Gasteiger partial charge in [0.25, 0.3) is 0 Å². The third-order valence-electron chi connectivity index (χ3n) is 2.29. The first-order chi connectivity index (χ1) is 8.08. The first-order valence-electron chi connectivity index (χ1n) is 4.83. The predicted molar refractivity (Wildman–Crippen MR) is 76.7 cm³/mol. The average Bonchev–Trinajstić information content (AvgIpc) is 2.33. The maximum absolute atomic E-state index is 13.1. The average molecular weight is 405 g/mol. The maximum atomic E-state index is 13.1. The van der Waals surface area contributed by atoms with Crippen LogP contribution in [-0.2, 0) is 0 Å². The molecule has 0 aliphatic heterocycles. The van der Waals surface area contributed by atoms with E-state index in [-0.39, 0.29) is 11.6 Å². The Morgan fingerprint density at radius 2 is 1.65 bits per heavy atom. The van der Waals surface area contributed by atoms with Gasteiger partial charge < -0.3 is 0 Å². The van der Waals surface area contributed by atoms with Gasteiger partial charge in [-0.1, -0.05) is 0 Å². The molecular formula is C13H7BrFIO. The molecule has 1 nitrogen and oxygen atoms in total. The quantitative estimate of drug-likeness (QED) is 0.534. The fourth-order valence-electron chi connectivity index (χ4n) is 1.41. The molecule has 4 heteroatoms. The van der Waals surface area contributed by atoms with Gasteiger partial charge in [0, 0.05) is 14.7 Å². The van der Waals surface area contributed by atoms with Crippen molar-refractivity contribution in [2.45, 2.75) is 0 Å². The highest BCUT2D eigenvalue weighted by molar-refractivity contribution is 14.1. The molecule has 0 heterocycles. The van der Waals surface area contributed by atoms with Gasteiger partial charge in [-0.15, -0.1) is 0 Å². The number of rotatable bonds is 2. The van der Waals surface area contributed by atoms with Gasteiger partial charge in [-0.3, -0.25) is 4.79 Å². The Bertz CT molecular complexity index is 566. The van der Waals surface area contributed by atoms with Crippen LogP contribution in [0, 0.1) is 9.39 Å². The zero-order valence-corrected chi connectivity index (χ0v) is 12.3. The van der Waals surface area contributed by atoms with Gasteiger partial charge in [-0.2, -0.15) is 0 Å². The summed E-state index contributed by atoms with van der Waals surface area (Å²) in [6.07, 6.45) is 0. The Kier molecular flexibility index (Phi) is 3.93. The second-order valence-corrected chi connectivity index (χ2v) is 5.56. The summed E-state index contributed by atoms with van der Waals surface area (Å²) in [5.41, 5.74) is 1.07. The molecule has 0 radical (unpaired) electrons. The summed E-state index contributed by atoms with van der Waals surface area (Å²) >= 11 is 5.25. The van der Waals surface area contributed by atoms with E-state index in [9.17, 15) is 9.18 Å². The van der Waals surface area contributed by atoms with Crippen molar-refractivity contribution in [1.82, 2.24) is 0 Å². The Morgan fingerprint density at radius 1 is 1.06 bits per heavy atom. The minimum Gasteiger partial charge on any atom is -0.289 e. The topological polar surface area (TPSA) is 17.1 Å². The molecule has 0 N–H and O–H groups in total. The zero-order chi connectivity index (χ0) is 12.4. The van der Waals surface area contributed by atoms with Crippen molar-refractivity contribution in [3.8, 4) is 0 Å². The monoisotopic (exact) mass is 404 g/mol. The summed E-state index contributed by atoms with van der Waals surface area (Å²) in [5.74, 6) is -0.480. The second kappa shape index (κ2) is 5.27. The summed E-state index contributed by atoms with van der Waals surface area (Å²) in [5, 5.41) is 0. The number of benzene rings is 2. The third kappa shape index (κ3) is 2.93. The molecular weight excluding hydrogens is 398 g/mol. The van der Waals surface area contributed by atoms with Gasteiger partial charge in [0.1, 0.15) is 5.82 Å². The van der Waals surface area contributed by atoms with Gasteiger partial charge in [0.2, 0.25) is 0 Å². The van der Waals surface area contributed by atoms with Gasteiger partial charge in [0.15, 0.2) is 5.78 Å². The number of ketones is 1. The first-order valence-corrected chi connectivity index (χ1v) is 6.70. The molecule has 0 saturated carbocycles. The summed E-state index contributed by atoms with van der Waals surface area (Å²) in [7, 11) is 0. The van der Waals surface area contributed by atoms with E-state index in [0.29, 0.717) is 15.6 Å². The van der Waals surface area contributed by atoms with Crippen LogP contribution in [0.25, 0.3) is 0 Å². The molecule has 0 aliphatic carbocycles. The molecule has 0 atom stereocenters. The van der Waals surface area contributed by atoms with E-state index in [1.54, 1.807) is 12.1 Å². The van der Waals surface area contributed by atoms with Crippen molar-refractivity contribution in [3.63, 3.8) is 0 Å². The van der Waals surface area contributed by atoms with E-state index in [0.717, 1.165) is 3.57 Å². The van der Waals surface area contributed by atoms with Crippen LogP contribution in [0.15, 0.2) is 46.9 Å². The Labute approximate surface area is 120 Å². The molecule has 0 unspecified atom stereocenters. The number of halogens is 3. The minimum absolute atomic E-state index is 0.109. The van der Waals surface area contributed by atoms with E-state index in [1.165, 1.54) is 18.2 Å². The molecule has 0 bridgehead atoms. The summed E-state index contributed by atoms with van der Waals surface area (Å²) in [4.78, 5) is 12.1. The first kappa shape index (κ1) is 12.7. The Hall–Kier alpha value is -0.750. The number of hydrogen-bond donors (Lipinski definition) is 0. The summed E-state index contributed by atoms with van der Waals surface area (Å²) in [6.45, 7) is 0. The fraction of sp³-hybridized carbons (Fsp3) is 0. The van der Waals surface area contributed by atoms with E-state index >= 15 is 0 Å². The van der Waals surface area contributed by atoms with E-state index < -0.39 is 0 Å². The van der Waals surface area contributed by atoms with Gasteiger partial charge in [-0.05, 0) is 81.0 Å². The van der Waals surface area contributed by atoms with Crippen LogP contribution in [0.1, 0.15) is 15.9 Å². The second-order valence-electron chi connectivity index (χ2n) is 3.46. The number of carbonyl (C=O) groups excluding carboxylic acids is 1. The molecule has 86 valence electrons. The van der Waals surface area contributed by atoms with E-state index in [4.69, 9.17) is 0 Å². The number of carbonyl (C=O) groups is 1. The van der Waals surface area contributed by atoms with Gasteiger partial charge >= 0.3 is 0 Å². The normalized spacial score (nSPS) is 10.3. The standard InChI is InChI=1S/C13H7BrFIO/c14-11-7-9(3-6-12(11)15)13(17)8-1-4-10(16)5-2-8/h1-7H. The molecule has 2 aromatic carbocycles. The lowest BCUT2D eigenvalue weighted by Gasteiger charge is -2.02. The van der Waals surface area contributed by atoms with Crippen molar-refractivity contribution in [1.29, 1.82) is 0 Å². The molecule has 2 rings (SSSR count). The minimum atomic E-state index is -0.371. The van der Waals surface area contributed by atoms with Crippen molar-refractivity contribution >= 4 is 44.3 Å². The molecule has 17 heavy (non-hydrogen) atoms. The lowest BCUT2D eigenvalue weighted by atomic mass is 10.0. The predicted octanol–water partition coefficient (Wildman–Crippen LogP) is 4.42. The Balaban J connectivity index is 2.37. The third-order valence-corrected chi connectivity index (χ3v) is 3.62. The molecule has 2 aromatic rings. The Morgan fingerprint density at radius 3 is 2.24 bits per heavy atom. The van der Waals surface area contributed by atoms with Crippen LogP contribution < -0.4 is 0 Å². The van der Waals surface area contributed by atoms with Crippen LogP contribution in [0.3, 0.4) is 0 Å². The van der Waals surface area contributed by atoms with Crippen molar-refractivity contribution in [2.24, 2.45) is 0 Å². The SMILES string of the molecule is O=C(c1ccc(I)cc1)c1ccc(F)c(Br)c1. The van der Waals surface area contributed by atoms with Gasteiger partial charge in [0.05, 0.1) is 4.47 Å². The lowest BCUT2D eigenvalue weighted by molar-refractivity contribution is 0.103. The highest BCUT2D eigenvalue weighted by Crippen LogP contribution is 2.19. The van der Waals surface area contributed by atoms with Crippen molar-refractivity contribution < 1.29 is 9.18 Å². The van der Waals surface area contributed by atoms with Crippen LogP contribution in [0.5, 0.6) is 0 Å². The summed E-state index contributed by atoms with van der Waals surface area (Å²) in [6, 6.07) is 11.5. The fourth-order valence-corrected chi connectivity index (χ4v) is 2.14. The zero-order valence-electron chi connectivity index (χ0n) is 8.58. The van der Waals surface area contributed by atoms with Gasteiger partial charge in [-0.25, -0.2) is 4.39 Å². The van der Waals surface area contributed by atoms with Crippen LogP contribution in [0.4, 0.5) is 4.39 Å². The van der Waals surface area contributed by atoms with E-state index in [2.05, 4.69) is 38.5 Å². The molecule has 0 saturated heterocycles. The molecule has 0 fully saturated rings. The number of hydrogen-bond acceptors (Lipinski definition) is 1. The van der Waals surface area contributed by atoms with Crippen LogP contribution in [0.2, 0.25) is 0 Å². The molecule has 0 aromatic heterocycles. The molecule has 0 spiro atoms. The molecule has 0 amide bonds. The highest BCUT2D eigenvalue weighted by Gasteiger charge is 2.10. The van der Waals surface area contributed by atoms with Crippen LogP contribution >= 0.6 is 38.5 Å². The smallest absolute Gasteiger partial charge is 0.193 e. The summed E-state index contributed by atoms with van der Waals surface area (Å²) < 4.78 is 14.4. The highest BCUT2D eigenvalue weighted by atomic mass is 127. The van der Waals surface area contributed by atoms with Crippen molar-refractivity contribution in [2.75, 3.05) is 0 Å².